The van der Waals surface area contributed by atoms with E-state index in [0.717, 1.165) is 31.2 Å². The molecule has 0 aliphatic heterocycles. The molecule has 0 amide bonds. The van der Waals surface area contributed by atoms with Gasteiger partial charge in [0.25, 0.3) is 0 Å². The van der Waals surface area contributed by atoms with Crippen molar-refractivity contribution in [2.24, 2.45) is 5.73 Å². The molecule has 9 nitrogen and oxygen atoms in total. The third kappa shape index (κ3) is 6.75. The average molecular weight is 510 g/mol. The number of nitrogens with zero attached hydrogens (tertiary/aromatic N) is 4. The van der Waals surface area contributed by atoms with Gasteiger partial charge in [-0.25, -0.2) is 28.4 Å². The molecule has 0 spiro atoms. The first-order valence-electron chi connectivity index (χ1n) is 11.2. The zero-order valence-corrected chi connectivity index (χ0v) is 19.8. The first-order valence-corrected chi connectivity index (χ1v) is 12.8. The zero-order valence-electron chi connectivity index (χ0n) is 19.0. The minimum Gasteiger partial charge on any atom is -0.351 e. The van der Waals surface area contributed by atoms with Crippen molar-refractivity contribution in [1.82, 2.24) is 19.9 Å². The molecule has 0 saturated heterocycles. The molecule has 188 valence electrons. The molecule has 0 atom stereocenters. The first-order chi connectivity index (χ1) is 16.5. The SMILES string of the molecule is Cc1cc(-c2ccc(NS(=O)(=O)CCC(F)(F)F)nc2)nc2cnc(NC3CCC(N)CC3)nc12. The fourth-order valence-corrected chi connectivity index (χ4v) is 4.95. The van der Waals surface area contributed by atoms with Gasteiger partial charge in [-0.2, -0.15) is 13.2 Å². The molecule has 13 heteroatoms. The number of fused-ring (bicyclic) bond motifs is 1. The number of aryl methyl sites for hydroxylation is 1. The standard InChI is InChI=1S/C22H26F3N7O2S/c1-13-10-17(14-2-7-19(27-11-14)32-35(33,34)9-8-22(23,24)25)30-18-12-28-21(31-20(13)18)29-16-5-3-15(26)4-6-16/h2,7,10-12,15-16H,3-6,8-9,26H2,1H3,(H,27,32)(H,28,29,31). The monoisotopic (exact) mass is 509 g/mol. The summed E-state index contributed by atoms with van der Waals surface area (Å²) < 4.78 is 62.8. The van der Waals surface area contributed by atoms with Crippen LogP contribution in [0.4, 0.5) is 24.9 Å². The molecule has 0 aromatic carbocycles. The van der Waals surface area contributed by atoms with Gasteiger partial charge >= 0.3 is 6.18 Å². The molecule has 1 aliphatic rings. The number of nitrogens with one attached hydrogen (secondary N) is 2. The summed E-state index contributed by atoms with van der Waals surface area (Å²) in [5.41, 5.74) is 9.33. The summed E-state index contributed by atoms with van der Waals surface area (Å²) >= 11 is 0. The van der Waals surface area contributed by atoms with E-state index in [9.17, 15) is 21.6 Å². The Morgan fingerprint density at radius 3 is 2.49 bits per heavy atom. The number of pyridine rings is 2. The maximum atomic E-state index is 12.3. The molecule has 3 aromatic heterocycles. The molecule has 0 radical (unpaired) electrons. The van der Waals surface area contributed by atoms with E-state index >= 15 is 0 Å². The Morgan fingerprint density at radius 2 is 1.83 bits per heavy atom. The highest BCUT2D eigenvalue weighted by Crippen LogP contribution is 2.26. The van der Waals surface area contributed by atoms with Crippen LogP contribution in [-0.4, -0.2) is 52.4 Å². The van der Waals surface area contributed by atoms with Crippen LogP contribution in [0.2, 0.25) is 0 Å². The van der Waals surface area contributed by atoms with Crippen molar-refractivity contribution in [1.29, 1.82) is 0 Å². The van der Waals surface area contributed by atoms with Crippen molar-refractivity contribution < 1.29 is 21.6 Å². The number of sulfonamides is 1. The summed E-state index contributed by atoms with van der Waals surface area (Å²) in [6, 6.07) is 5.35. The van der Waals surface area contributed by atoms with E-state index in [0.29, 0.717) is 28.2 Å². The Balaban J connectivity index is 1.47. The fourth-order valence-electron chi connectivity index (χ4n) is 3.91. The third-order valence-corrected chi connectivity index (χ3v) is 7.08. The van der Waals surface area contributed by atoms with Crippen LogP contribution < -0.4 is 15.8 Å². The van der Waals surface area contributed by atoms with Gasteiger partial charge in [0.05, 0.1) is 29.6 Å². The minimum atomic E-state index is -4.56. The van der Waals surface area contributed by atoms with Crippen LogP contribution in [0.15, 0.2) is 30.6 Å². The predicted octanol–water partition coefficient (Wildman–Crippen LogP) is 3.77. The highest BCUT2D eigenvalue weighted by molar-refractivity contribution is 7.92. The van der Waals surface area contributed by atoms with Crippen molar-refractivity contribution in [3.05, 3.63) is 36.2 Å². The lowest BCUT2D eigenvalue weighted by atomic mass is 9.92. The second-order valence-electron chi connectivity index (χ2n) is 8.73. The molecule has 1 fully saturated rings. The largest absolute Gasteiger partial charge is 0.390 e. The molecule has 3 aromatic rings. The van der Waals surface area contributed by atoms with E-state index in [4.69, 9.17) is 5.73 Å². The van der Waals surface area contributed by atoms with Crippen molar-refractivity contribution in [3.63, 3.8) is 0 Å². The Bertz CT molecular complexity index is 1290. The molecule has 0 bridgehead atoms. The van der Waals surface area contributed by atoms with Crippen LogP contribution in [0.25, 0.3) is 22.3 Å². The third-order valence-electron chi connectivity index (χ3n) is 5.82. The summed E-state index contributed by atoms with van der Waals surface area (Å²) in [5.74, 6) is -0.605. The number of halogens is 3. The van der Waals surface area contributed by atoms with Gasteiger partial charge in [-0.15, -0.1) is 0 Å². The zero-order chi connectivity index (χ0) is 25.2. The number of rotatable bonds is 7. The lowest BCUT2D eigenvalue weighted by Crippen LogP contribution is -2.33. The molecular formula is C22H26F3N7O2S. The van der Waals surface area contributed by atoms with Crippen molar-refractivity contribution in [2.75, 3.05) is 15.8 Å². The van der Waals surface area contributed by atoms with E-state index in [-0.39, 0.29) is 17.9 Å². The Labute approximate surface area is 200 Å². The summed E-state index contributed by atoms with van der Waals surface area (Å²) in [4.78, 5) is 17.6. The van der Waals surface area contributed by atoms with E-state index in [1.165, 1.54) is 12.3 Å². The molecule has 4 rings (SSSR count). The van der Waals surface area contributed by atoms with E-state index in [2.05, 4.69) is 30.0 Å². The van der Waals surface area contributed by atoms with Gasteiger partial charge in [0.15, 0.2) is 0 Å². The molecule has 3 heterocycles. The normalized spacial score (nSPS) is 19.0. The van der Waals surface area contributed by atoms with Crippen molar-refractivity contribution >= 4 is 32.8 Å². The van der Waals surface area contributed by atoms with E-state index in [1.54, 1.807) is 12.3 Å². The Morgan fingerprint density at radius 1 is 1.09 bits per heavy atom. The summed E-state index contributed by atoms with van der Waals surface area (Å²) in [6.07, 6.45) is 0.936. The van der Waals surface area contributed by atoms with Gasteiger partial charge in [0.2, 0.25) is 16.0 Å². The highest BCUT2D eigenvalue weighted by Gasteiger charge is 2.30. The smallest absolute Gasteiger partial charge is 0.351 e. The summed E-state index contributed by atoms with van der Waals surface area (Å²) in [7, 11) is -4.18. The maximum absolute atomic E-state index is 12.3. The second kappa shape index (κ2) is 9.90. The number of nitrogens with two attached hydrogens (primary N) is 1. The van der Waals surface area contributed by atoms with Gasteiger partial charge in [-0.3, -0.25) is 4.72 Å². The topological polar surface area (TPSA) is 136 Å². The van der Waals surface area contributed by atoms with Crippen LogP contribution in [0.1, 0.15) is 37.7 Å². The average Bonchev–Trinajstić information content (AvgIpc) is 2.79. The lowest BCUT2D eigenvalue weighted by molar-refractivity contribution is -0.129. The van der Waals surface area contributed by atoms with Gasteiger partial charge in [0, 0.05) is 23.8 Å². The number of anilines is 2. The second-order valence-corrected chi connectivity index (χ2v) is 10.6. The van der Waals surface area contributed by atoms with Gasteiger partial charge in [-0.1, -0.05) is 0 Å². The number of aromatic nitrogens is 4. The Kier molecular flexibility index (Phi) is 7.08. The minimum absolute atomic E-state index is 0.0730. The van der Waals surface area contributed by atoms with E-state index < -0.39 is 28.4 Å². The van der Waals surface area contributed by atoms with Crippen LogP contribution in [-0.2, 0) is 10.0 Å². The molecule has 35 heavy (non-hydrogen) atoms. The number of hydrogen-bond acceptors (Lipinski definition) is 8. The van der Waals surface area contributed by atoms with Gasteiger partial charge in [-0.05, 0) is 56.4 Å². The van der Waals surface area contributed by atoms with Crippen LogP contribution in [0, 0.1) is 6.92 Å². The van der Waals surface area contributed by atoms with Gasteiger partial charge < -0.3 is 11.1 Å². The van der Waals surface area contributed by atoms with Crippen LogP contribution in [0.3, 0.4) is 0 Å². The Hall–Kier alpha value is -3.06. The van der Waals surface area contributed by atoms with E-state index in [1.807, 2.05) is 13.0 Å². The quantitative estimate of drug-likeness (QED) is 0.438. The van der Waals surface area contributed by atoms with Crippen molar-refractivity contribution in [2.45, 2.75) is 57.3 Å². The van der Waals surface area contributed by atoms with Crippen LogP contribution in [0.5, 0.6) is 0 Å². The maximum Gasteiger partial charge on any atom is 0.390 e. The molecular weight excluding hydrogens is 483 g/mol. The highest BCUT2D eigenvalue weighted by atomic mass is 32.2. The lowest BCUT2D eigenvalue weighted by Gasteiger charge is -2.26. The summed E-state index contributed by atoms with van der Waals surface area (Å²) in [6.45, 7) is 1.90. The van der Waals surface area contributed by atoms with Crippen LogP contribution >= 0.6 is 0 Å². The molecule has 4 N–H and O–H groups in total. The van der Waals surface area contributed by atoms with Gasteiger partial charge in [0.1, 0.15) is 11.3 Å². The summed E-state index contributed by atoms with van der Waals surface area (Å²) in [5, 5.41) is 3.38. The first kappa shape index (κ1) is 25.0. The molecule has 0 unspecified atom stereocenters. The number of alkyl halides is 3. The predicted molar refractivity (Wildman–Crippen MR) is 127 cm³/mol. The molecule has 1 aliphatic carbocycles. The molecule has 1 saturated carbocycles. The fraction of sp³-hybridized carbons (Fsp3) is 0.455. The number of hydrogen-bond donors (Lipinski definition) is 3. The van der Waals surface area contributed by atoms with Crippen molar-refractivity contribution in [3.8, 4) is 11.3 Å².